The van der Waals surface area contributed by atoms with E-state index in [9.17, 15) is 14.4 Å². The van der Waals surface area contributed by atoms with Crippen LogP contribution in [0.5, 0.6) is 0 Å². The van der Waals surface area contributed by atoms with Crippen molar-refractivity contribution in [3.05, 3.63) is 70.4 Å². The first-order chi connectivity index (χ1) is 12.6. The summed E-state index contributed by atoms with van der Waals surface area (Å²) in [6.45, 7) is 1.65. The molecule has 1 aliphatic heterocycles. The summed E-state index contributed by atoms with van der Waals surface area (Å²) in [5.74, 6) is -2.13. The highest BCUT2D eigenvalue weighted by molar-refractivity contribution is 7.17. The van der Waals surface area contributed by atoms with Gasteiger partial charge in [0.2, 0.25) is 0 Å². The van der Waals surface area contributed by atoms with Crippen LogP contribution in [0.3, 0.4) is 0 Å². The smallest absolute Gasteiger partial charge is 0.323 e. The number of fused-ring (bicyclic) bond motifs is 1. The lowest BCUT2D eigenvalue weighted by atomic mass is 10.1. The number of pyridine rings is 1. The number of thiazole rings is 1. The molecule has 2 amide bonds. The van der Waals surface area contributed by atoms with Crippen molar-refractivity contribution >= 4 is 29.1 Å². The Hall–Kier alpha value is -3.39. The molecule has 0 aliphatic carbocycles. The summed E-state index contributed by atoms with van der Waals surface area (Å²) in [4.78, 5) is 50.9. The van der Waals surface area contributed by atoms with E-state index in [1.54, 1.807) is 37.4 Å². The number of aryl methyl sites for hydroxylation is 1. The van der Waals surface area contributed by atoms with Gasteiger partial charge in [0.25, 0.3) is 11.8 Å². The molecule has 7 nitrogen and oxygen atoms in total. The molecule has 3 aromatic rings. The quantitative estimate of drug-likeness (QED) is 0.663. The van der Waals surface area contributed by atoms with Crippen LogP contribution in [0.1, 0.15) is 36.1 Å². The molecular formula is C18H11N3O4S. The van der Waals surface area contributed by atoms with Gasteiger partial charge in [-0.2, -0.15) is 0 Å². The van der Waals surface area contributed by atoms with E-state index in [1.165, 1.54) is 12.1 Å². The van der Waals surface area contributed by atoms with E-state index in [2.05, 4.69) is 9.97 Å². The lowest BCUT2D eigenvalue weighted by Crippen LogP contribution is -2.32. The van der Waals surface area contributed by atoms with Crippen molar-refractivity contribution in [3.63, 3.8) is 0 Å². The summed E-state index contributed by atoms with van der Waals surface area (Å²) in [5.41, 5.74) is 1.48. The van der Waals surface area contributed by atoms with Gasteiger partial charge < -0.3 is 4.84 Å². The minimum absolute atomic E-state index is 0.209. The first-order valence-electron chi connectivity index (χ1n) is 7.65. The van der Waals surface area contributed by atoms with Gasteiger partial charge >= 0.3 is 5.97 Å². The second kappa shape index (κ2) is 6.16. The maximum absolute atomic E-state index is 12.5. The second-order valence-electron chi connectivity index (χ2n) is 5.48. The van der Waals surface area contributed by atoms with E-state index >= 15 is 0 Å². The minimum Gasteiger partial charge on any atom is -0.323 e. The fourth-order valence-electron chi connectivity index (χ4n) is 2.56. The number of amides is 2. The Morgan fingerprint density at radius 3 is 2.31 bits per heavy atom. The Morgan fingerprint density at radius 2 is 1.69 bits per heavy atom. The topological polar surface area (TPSA) is 89.5 Å². The molecule has 0 saturated carbocycles. The lowest BCUT2D eigenvalue weighted by molar-refractivity contribution is -0.0581. The Morgan fingerprint density at radius 1 is 1.04 bits per heavy atom. The van der Waals surface area contributed by atoms with Gasteiger partial charge in [-0.1, -0.05) is 23.3 Å². The van der Waals surface area contributed by atoms with E-state index in [1.807, 2.05) is 6.07 Å². The SMILES string of the molecule is Cc1nc(-c2ccccn2)sc1C(=O)ON1C(=O)c2ccccc2C1=O. The van der Waals surface area contributed by atoms with Gasteiger partial charge in [-0.3, -0.25) is 14.6 Å². The number of hydrogen-bond donors (Lipinski definition) is 0. The van der Waals surface area contributed by atoms with Gasteiger partial charge in [-0.05, 0) is 31.2 Å². The number of carbonyl (C=O) groups excluding carboxylic acids is 3. The fraction of sp³-hybridized carbons (Fsp3) is 0.0556. The zero-order chi connectivity index (χ0) is 18.3. The third-order valence-electron chi connectivity index (χ3n) is 3.80. The molecule has 1 aliphatic rings. The van der Waals surface area contributed by atoms with Crippen LogP contribution in [0.25, 0.3) is 10.7 Å². The van der Waals surface area contributed by atoms with Crippen molar-refractivity contribution in [2.75, 3.05) is 0 Å². The molecule has 0 unspecified atom stereocenters. The molecule has 0 atom stereocenters. The third-order valence-corrected chi connectivity index (χ3v) is 4.96. The van der Waals surface area contributed by atoms with E-state index in [0.717, 1.165) is 11.3 Å². The largest absolute Gasteiger partial charge is 0.375 e. The second-order valence-corrected chi connectivity index (χ2v) is 6.48. The Bertz CT molecular complexity index is 1010. The molecule has 26 heavy (non-hydrogen) atoms. The molecule has 0 N–H and O–H groups in total. The molecule has 0 fully saturated rings. The lowest BCUT2D eigenvalue weighted by Gasteiger charge is -2.11. The number of rotatable bonds is 3. The first kappa shape index (κ1) is 16.1. The first-order valence-corrected chi connectivity index (χ1v) is 8.47. The van der Waals surface area contributed by atoms with Crippen LogP contribution >= 0.6 is 11.3 Å². The monoisotopic (exact) mass is 365 g/mol. The zero-order valence-corrected chi connectivity index (χ0v) is 14.3. The Kier molecular flexibility index (Phi) is 3.81. The average Bonchev–Trinajstić information content (AvgIpc) is 3.17. The van der Waals surface area contributed by atoms with E-state index in [0.29, 0.717) is 21.5 Å². The number of hydrogen-bond acceptors (Lipinski definition) is 7. The molecule has 8 heteroatoms. The van der Waals surface area contributed by atoms with Gasteiger partial charge in [-0.15, -0.1) is 11.3 Å². The molecule has 3 heterocycles. The number of hydroxylamine groups is 2. The molecule has 0 saturated heterocycles. The number of nitrogens with zero attached hydrogens (tertiary/aromatic N) is 3. The zero-order valence-electron chi connectivity index (χ0n) is 13.5. The number of benzene rings is 1. The summed E-state index contributed by atoms with van der Waals surface area (Å²) < 4.78 is 0. The number of imide groups is 1. The van der Waals surface area contributed by atoms with Crippen LogP contribution in [-0.2, 0) is 4.84 Å². The van der Waals surface area contributed by atoms with Crippen molar-refractivity contribution in [2.45, 2.75) is 6.92 Å². The van der Waals surface area contributed by atoms with Crippen molar-refractivity contribution in [1.82, 2.24) is 15.0 Å². The summed E-state index contributed by atoms with van der Waals surface area (Å²) in [7, 11) is 0. The Balaban J connectivity index is 1.59. The van der Waals surface area contributed by atoms with Crippen LogP contribution in [0.15, 0.2) is 48.7 Å². The molecule has 0 spiro atoms. The highest BCUT2D eigenvalue weighted by Gasteiger charge is 2.39. The van der Waals surface area contributed by atoms with Gasteiger partial charge in [0.05, 0.1) is 22.5 Å². The van der Waals surface area contributed by atoms with Crippen LogP contribution in [0.4, 0.5) is 0 Å². The molecular weight excluding hydrogens is 354 g/mol. The van der Waals surface area contributed by atoms with E-state index in [-0.39, 0.29) is 16.0 Å². The van der Waals surface area contributed by atoms with Crippen LogP contribution in [-0.4, -0.2) is 32.8 Å². The van der Waals surface area contributed by atoms with Gasteiger partial charge in [0.15, 0.2) is 0 Å². The van der Waals surface area contributed by atoms with E-state index in [4.69, 9.17) is 4.84 Å². The molecule has 0 radical (unpaired) electrons. The molecule has 4 rings (SSSR count). The van der Waals surface area contributed by atoms with E-state index < -0.39 is 17.8 Å². The highest BCUT2D eigenvalue weighted by Crippen LogP contribution is 2.28. The minimum atomic E-state index is -0.809. The molecule has 0 bridgehead atoms. The summed E-state index contributed by atoms with van der Waals surface area (Å²) in [5, 5.41) is 1.05. The number of aromatic nitrogens is 2. The summed E-state index contributed by atoms with van der Waals surface area (Å²) >= 11 is 1.09. The normalized spacial score (nSPS) is 13.0. The average molecular weight is 365 g/mol. The maximum Gasteiger partial charge on any atom is 0.375 e. The number of carbonyl (C=O) groups is 3. The summed E-state index contributed by atoms with van der Waals surface area (Å²) in [6, 6.07) is 11.7. The molecule has 128 valence electrons. The highest BCUT2D eigenvalue weighted by atomic mass is 32.1. The fourth-order valence-corrected chi connectivity index (χ4v) is 3.47. The maximum atomic E-state index is 12.5. The predicted octanol–water partition coefficient (Wildman–Crippen LogP) is 2.88. The van der Waals surface area contributed by atoms with Crippen LogP contribution < -0.4 is 0 Å². The van der Waals surface area contributed by atoms with Crippen molar-refractivity contribution in [2.24, 2.45) is 0 Å². The van der Waals surface area contributed by atoms with Gasteiger partial charge in [0, 0.05) is 6.20 Å². The van der Waals surface area contributed by atoms with Crippen LogP contribution in [0.2, 0.25) is 0 Å². The molecule has 1 aromatic carbocycles. The standard InChI is InChI=1S/C18H11N3O4S/c1-10-14(26-15(20-10)13-8-4-5-9-19-13)18(24)25-21-16(22)11-6-2-3-7-12(11)17(21)23/h2-9H,1H3. The van der Waals surface area contributed by atoms with Crippen LogP contribution in [0, 0.1) is 6.92 Å². The Labute approximate surface area is 151 Å². The summed E-state index contributed by atoms with van der Waals surface area (Å²) in [6.07, 6.45) is 1.63. The van der Waals surface area contributed by atoms with Crippen molar-refractivity contribution in [1.29, 1.82) is 0 Å². The third kappa shape index (κ3) is 2.56. The predicted molar refractivity (Wildman–Crippen MR) is 92.4 cm³/mol. The van der Waals surface area contributed by atoms with Gasteiger partial charge in [0.1, 0.15) is 9.88 Å². The van der Waals surface area contributed by atoms with Crippen molar-refractivity contribution in [3.8, 4) is 10.7 Å². The molecule has 2 aromatic heterocycles. The van der Waals surface area contributed by atoms with Gasteiger partial charge in [-0.25, -0.2) is 9.78 Å². The van der Waals surface area contributed by atoms with Crippen molar-refractivity contribution < 1.29 is 19.2 Å².